The van der Waals surface area contributed by atoms with Crippen molar-refractivity contribution in [3.8, 4) is 6.07 Å². The van der Waals surface area contributed by atoms with Crippen molar-refractivity contribution < 1.29 is 13.9 Å². The number of halogens is 2. The number of alkyl halides is 1. The molecule has 1 aromatic rings. The van der Waals surface area contributed by atoms with Crippen LogP contribution in [-0.2, 0) is 10.1 Å². The van der Waals surface area contributed by atoms with Gasteiger partial charge in [-0.05, 0) is 24.6 Å². The molecule has 0 bridgehead atoms. The molecule has 0 aromatic heterocycles. The molecule has 0 heterocycles. The average molecular weight is 286 g/mol. The predicted octanol–water partition coefficient (Wildman–Crippen LogP) is 2.77. The van der Waals surface area contributed by atoms with Crippen molar-refractivity contribution in [3.63, 3.8) is 0 Å². The largest absolute Gasteiger partial charge is 0.462 e. The second-order valence-corrected chi connectivity index (χ2v) is 3.53. The lowest BCUT2D eigenvalue weighted by atomic mass is 10.0. The van der Waals surface area contributed by atoms with Crippen LogP contribution in [0.25, 0.3) is 0 Å². The molecule has 0 aliphatic rings. The summed E-state index contributed by atoms with van der Waals surface area (Å²) in [7, 11) is 0. The molecule has 0 atom stereocenters. The number of nitrogens with zero attached hydrogens (tertiary/aromatic N) is 1. The van der Waals surface area contributed by atoms with Crippen LogP contribution in [0.5, 0.6) is 0 Å². The van der Waals surface area contributed by atoms with E-state index in [0.29, 0.717) is 10.9 Å². The lowest BCUT2D eigenvalue weighted by molar-refractivity contribution is 0.0520. The summed E-state index contributed by atoms with van der Waals surface area (Å²) in [5.41, 5.74) is 0.295. The van der Waals surface area contributed by atoms with E-state index in [-0.39, 0.29) is 17.7 Å². The van der Waals surface area contributed by atoms with E-state index in [1.54, 1.807) is 13.0 Å². The highest BCUT2D eigenvalue weighted by molar-refractivity contribution is 9.08. The maximum atomic E-state index is 13.6. The Balaban J connectivity index is 3.28. The molecule has 0 aliphatic heterocycles. The van der Waals surface area contributed by atoms with Crippen molar-refractivity contribution in [2.45, 2.75) is 12.3 Å². The second kappa shape index (κ2) is 5.61. The van der Waals surface area contributed by atoms with Crippen LogP contribution in [0, 0.1) is 17.1 Å². The van der Waals surface area contributed by atoms with Crippen LogP contribution in [0.4, 0.5) is 4.39 Å². The topological polar surface area (TPSA) is 50.1 Å². The van der Waals surface area contributed by atoms with Crippen LogP contribution in [0.15, 0.2) is 12.1 Å². The van der Waals surface area contributed by atoms with Crippen molar-refractivity contribution in [2.75, 3.05) is 6.61 Å². The van der Waals surface area contributed by atoms with Gasteiger partial charge < -0.3 is 4.74 Å². The molecule has 16 heavy (non-hydrogen) atoms. The SMILES string of the molecule is CCOC(=O)c1c(F)cc(CBr)cc1C#N. The van der Waals surface area contributed by atoms with Crippen LogP contribution in [0.3, 0.4) is 0 Å². The number of esters is 1. The number of carbonyl (C=O) groups excluding carboxylic acids is 1. The molecule has 0 fully saturated rings. The first-order valence-electron chi connectivity index (χ1n) is 4.59. The van der Waals surface area contributed by atoms with Crippen LogP contribution >= 0.6 is 15.9 Å². The summed E-state index contributed by atoms with van der Waals surface area (Å²) in [5.74, 6) is -1.54. The predicted molar refractivity (Wildman–Crippen MR) is 59.7 cm³/mol. The van der Waals surface area contributed by atoms with E-state index in [9.17, 15) is 9.18 Å². The van der Waals surface area contributed by atoms with Gasteiger partial charge in [-0.3, -0.25) is 0 Å². The molecule has 84 valence electrons. The lowest BCUT2D eigenvalue weighted by Crippen LogP contribution is -2.10. The Hall–Kier alpha value is -1.41. The Bertz CT molecular complexity index is 454. The molecule has 0 amide bonds. The Morgan fingerprint density at radius 3 is 2.81 bits per heavy atom. The first kappa shape index (κ1) is 12.7. The Labute approximate surface area is 101 Å². The first-order valence-corrected chi connectivity index (χ1v) is 5.71. The minimum absolute atomic E-state index is 0.00657. The molecule has 0 unspecified atom stereocenters. The summed E-state index contributed by atoms with van der Waals surface area (Å²) in [6.07, 6.45) is 0. The number of ether oxygens (including phenoxy) is 1. The van der Waals surface area contributed by atoms with E-state index in [1.807, 2.05) is 0 Å². The van der Waals surface area contributed by atoms with Crippen LogP contribution in [0.1, 0.15) is 28.4 Å². The van der Waals surface area contributed by atoms with Gasteiger partial charge in [-0.1, -0.05) is 15.9 Å². The Morgan fingerprint density at radius 2 is 2.31 bits per heavy atom. The van der Waals surface area contributed by atoms with Crippen LogP contribution < -0.4 is 0 Å². The fourth-order valence-electron chi connectivity index (χ4n) is 1.24. The number of carbonyl (C=O) groups is 1. The van der Waals surface area contributed by atoms with Gasteiger partial charge >= 0.3 is 5.97 Å². The normalized spacial score (nSPS) is 9.62. The number of nitriles is 1. The zero-order chi connectivity index (χ0) is 12.1. The summed E-state index contributed by atoms with van der Waals surface area (Å²) in [6.45, 7) is 1.76. The second-order valence-electron chi connectivity index (χ2n) is 2.97. The van der Waals surface area contributed by atoms with Crippen molar-refractivity contribution >= 4 is 21.9 Å². The van der Waals surface area contributed by atoms with Crippen molar-refractivity contribution in [1.29, 1.82) is 5.26 Å². The Morgan fingerprint density at radius 1 is 1.62 bits per heavy atom. The Kier molecular flexibility index (Phi) is 4.44. The highest BCUT2D eigenvalue weighted by Gasteiger charge is 2.19. The molecule has 1 rings (SSSR count). The molecule has 0 N–H and O–H groups in total. The van der Waals surface area contributed by atoms with E-state index in [0.717, 1.165) is 0 Å². The van der Waals surface area contributed by atoms with Crippen LogP contribution in [-0.4, -0.2) is 12.6 Å². The van der Waals surface area contributed by atoms with Gasteiger partial charge in [0.25, 0.3) is 0 Å². The maximum absolute atomic E-state index is 13.6. The van der Waals surface area contributed by atoms with Crippen molar-refractivity contribution in [1.82, 2.24) is 0 Å². The zero-order valence-electron chi connectivity index (χ0n) is 8.59. The van der Waals surface area contributed by atoms with Gasteiger partial charge in [0.1, 0.15) is 17.4 Å². The first-order chi connectivity index (χ1) is 7.63. The van der Waals surface area contributed by atoms with Crippen molar-refractivity contribution in [2.24, 2.45) is 0 Å². The highest BCUT2D eigenvalue weighted by Crippen LogP contribution is 2.19. The molecule has 0 saturated heterocycles. The zero-order valence-corrected chi connectivity index (χ0v) is 10.2. The number of rotatable bonds is 3. The third-order valence-electron chi connectivity index (χ3n) is 1.90. The standard InChI is InChI=1S/C11H9BrFNO2/c1-2-16-11(15)10-8(6-14)3-7(5-12)4-9(10)13/h3-4H,2,5H2,1H3. The van der Waals surface area contributed by atoms with Gasteiger partial charge in [-0.2, -0.15) is 5.26 Å². The molecule has 0 saturated carbocycles. The van der Waals surface area contributed by atoms with Crippen molar-refractivity contribution in [3.05, 3.63) is 34.6 Å². The minimum atomic E-state index is -0.808. The summed E-state index contributed by atoms with van der Waals surface area (Å²) in [5, 5.41) is 9.26. The van der Waals surface area contributed by atoms with Gasteiger partial charge in [0.05, 0.1) is 12.2 Å². The van der Waals surface area contributed by atoms with E-state index in [4.69, 9.17) is 5.26 Å². The molecule has 0 aliphatic carbocycles. The van der Waals surface area contributed by atoms with Gasteiger partial charge in [-0.25, -0.2) is 9.18 Å². The molecular weight excluding hydrogens is 277 g/mol. The highest BCUT2D eigenvalue weighted by atomic mass is 79.9. The van der Waals surface area contributed by atoms with Gasteiger partial charge in [0.15, 0.2) is 0 Å². The van der Waals surface area contributed by atoms with Gasteiger partial charge in [0, 0.05) is 5.33 Å². The monoisotopic (exact) mass is 285 g/mol. The fourth-order valence-corrected chi connectivity index (χ4v) is 1.56. The van der Waals surface area contributed by atoms with E-state index >= 15 is 0 Å². The third-order valence-corrected chi connectivity index (χ3v) is 2.55. The average Bonchev–Trinajstić information content (AvgIpc) is 2.27. The molecule has 0 spiro atoms. The molecular formula is C11H9BrFNO2. The summed E-state index contributed by atoms with van der Waals surface area (Å²) in [4.78, 5) is 11.4. The maximum Gasteiger partial charge on any atom is 0.342 e. The fraction of sp³-hybridized carbons (Fsp3) is 0.273. The molecule has 0 radical (unpaired) electrons. The molecule has 5 heteroatoms. The summed E-state index contributed by atoms with van der Waals surface area (Å²) in [6, 6.07) is 4.46. The van der Waals surface area contributed by atoms with Crippen LogP contribution in [0.2, 0.25) is 0 Å². The van der Waals surface area contributed by atoms with Gasteiger partial charge in [-0.15, -0.1) is 0 Å². The quantitative estimate of drug-likeness (QED) is 0.634. The molecule has 1 aromatic carbocycles. The summed E-state index contributed by atoms with van der Waals surface area (Å²) >= 11 is 3.16. The number of hydrogen-bond acceptors (Lipinski definition) is 3. The number of hydrogen-bond donors (Lipinski definition) is 0. The summed E-state index contributed by atoms with van der Waals surface area (Å²) < 4.78 is 18.3. The van der Waals surface area contributed by atoms with E-state index in [2.05, 4.69) is 20.7 Å². The van der Waals surface area contributed by atoms with E-state index in [1.165, 1.54) is 12.1 Å². The number of benzene rings is 1. The lowest BCUT2D eigenvalue weighted by Gasteiger charge is -2.06. The minimum Gasteiger partial charge on any atom is -0.462 e. The van der Waals surface area contributed by atoms with E-state index < -0.39 is 11.8 Å². The molecule has 3 nitrogen and oxygen atoms in total. The van der Waals surface area contributed by atoms with Gasteiger partial charge in [0.2, 0.25) is 0 Å². The third kappa shape index (κ3) is 2.58. The smallest absolute Gasteiger partial charge is 0.342 e.